The highest BCUT2D eigenvalue weighted by Crippen LogP contribution is 2.26. The lowest BCUT2D eigenvalue weighted by Crippen LogP contribution is -2.16. The lowest BCUT2D eigenvalue weighted by molar-refractivity contribution is -0.153. The van der Waals surface area contributed by atoms with Gasteiger partial charge in [-0.15, -0.1) is 0 Å². The van der Waals surface area contributed by atoms with Crippen LogP contribution in [0.2, 0.25) is 0 Å². The molecule has 3 heteroatoms. The van der Waals surface area contributed by atoms with Crippen LogP contribution in [0.3, 0.4) is 0 Å². The summed E-state index contributed by atoms with van der Waals surface area (Å²) in [4.78, 5) is 21.9. The fraction of sp³-hybridized carbons (Fsp3) is 0.600. The topological polar surface area (TPSA) is 43.4 Å². The first kappa shape index (κ1) is 9.96. The second-order valence-electron chi connectivity index (χ2n) is 3.39. The van der Waals surface area contributed by atoms with E-state index < -0.39 is 0 Å². The van der Waals surface area contributed by atoms with E-state index in [0.29, 0.717) is 0 Å². The fourth-order valence-electron chi connectivity index (χ4n) is 1.44. The first-order chi connectivity index (χ1) is 6.15. The number of ether oxygens (including phenoxy) is 1. The zero-order valence-corrected chi connectivity index (χ0v) is 7.95. The van der Waals surface area contributed by atoms with Crippen LogP contribution in [0.4, 0.5) is 0 Å². The molecule has 1 aliphatic heterocycles. The number of rotatable bonds is 3. The van der Waals surface area contributed by atoms with Gasteiger partial charge < -0.3 is 4.74 Å². The van der Waals surface area contributed by atoms with E-state index >= 15 is 0 Å². The molecule has 0 aromatic rings. The molecule has 1 fully saturated rings. The maximum Gasteiger partial charge on any atom is 0.317 e. The number of cyclic esters (lactones) is 2. The minimum Gasteiger partial charge on any atom is -0.393 e. The van der Waals surface area contributed by atoms with Crippen molar-refractivity contribution in [1.29, 1.82) is 0 Å². The van der Waals surface area contributed by atoms with Crippen LogP contribution in [-0.4, -0.2) is 11.9 Å². The summed E-state index contributed by atoms with van der Waals surface area (Å²) in [6.45, 7) is 3.90. The minimum absolute atomic E-state index is 0.190. The molecule has 0 bridgehead atoms. The van der Waals surface area contributed by atoms with E-state index in [1.165, 1.54) is 0 Å². The molecule has 0 spiro atoms. The van der Waals surface area contributed by atoms with Crippen LogP contribution in [0.1, 0.15) is 26.7 Å². The van der Waals surface area contributed by atoms with Gasteiger partial charge in [-0.05, 0) is 19.3 Å². The number of hydrogen-bond acceptors (Lipinski definition) is 3. The van der Waals surface area contributed by atoms with E-state index in [1.54, 1.807) is 0 Å². The van der Waals surface area contributed by atoms with E-state index in [9.17, 15) is 9.59 Å². The second-order valence-corrected chi connectivity index (χ2v) is 3.39. The number of hydrogen-bond donors (Lipinski definition) is 0. The van der Waals surface area contributed by atoms with Crippen molar-refractivity contribution >= 4 is 11.9 Å². The van der Waals surface area contributed by atoms with Gasteiger partial charge >= 0.3 is 11.9 Å². The van der Waals surface area contributed by atoms with E-state index in [4.69, 9.17) is 0 Å². The van der Waals surface area contributed by atoms with Crippen LogP contribution in [-0.2, 0) is 14.3 Å². The molecule has 0 saturated carbocycles. The lowest BCUT2D eigenvalue weighted by Gasteiger charge is -2.11. The summed E-state index contributed by atoms with van der Waals surface area (Å²) in [5.41, 5.74) is 0. The van der Waals surface area contributed by atoms with E-state index in [2.05, 4.69) is 4.74 Å². The predicted molar refractivity (Wildman–Crippen MR) is 47.8 cm³/mol. The Morgan fingerprint density at radius 3 is 2.77 bits per heavy atom. The Labute approximate surface area is 77.8 Å². The number of carbonyl (C=O) groups is 2. The van der Waals surface area contributed by atoms with Gasteiger partial charge in [0.2, 0.25) is 0 Å². The maximum absolute atomic E-state index is 11.1. The normalized spacial score (nSPS) is 25.2. The molecule has 1 saturated heterocycles. The smallest absolute Gasteiger partial charge is 0.317 e. The first-order valence-electron chi connectivity index (χ1n) is 4.50. The summed E-state index contributed by atoms with van der Waals surface area (Å²) < 4.78 is 4.47. The zero-order valence-electron chi connectivity index (χ0n) is 7.95. The largest absolute Gasteiger partial charge is 0.393 e. The highest BCUT2D eigenvalue weighted by atomic mass is 16.6. The molecule has 72 valence electrons. The summed E-state index contributed by atoms with van der Waals surface area (Å²) in [6.07, 6.45) is 5.01. The molecule has 0 aliphatic carbocycles. The van der Waals surface area contributed by atoms with Gasteiger partial charge in [0.1, 0.15) is 0 Å². The number of carbonyl (C=O) groups excluding carboxylic acids is 2. The zero-order chi connectivity index (χ0) is 9.84. The average Bonchev–Trinajstić information content (AvgIpc) is 2.41. The molecule has 0 N–H and O–H groups in total. The number of allylic oxidation sites excluding steroid dienone is 2. The van der Waals surface area contributed by atoms with Crippen molar-refractivity contribution in [3.05, 3.63) is 12.2 Å². The van der Waals surface area contributed by atoms with Gasteiger partial charge in [-0.2, -0.15) is 0 Å². The van der Waals surface area contributed by atoms with Crippen molar-refractivity contribution in [1.82, 2.24) is 0 Å². The standard InChI is InChI=1S/C10H14O3/c1-3-4-5-7(2)8-6-9(11)13-10(8)12/h3-4,7-8H,5-6H2,1-2H3/b4-3+. The van der Waals surface area contributed by atoms with Crippen molar-refractivity contribution in [3.8, 4) is 0 Å². The summed E-state index contributed by atoms with van der Waals surface area (Å²) in [7, 11) is 0. The molecule has 3 nitrogen and oxygen atoms in total. The quantitative estimate of drug-likeness (QED) is 0.379. The molecule has 2 atom stereocenters. The molecule has 1 aliphatic rings. The van der Waals surface area contributed by atoms with Gasteiger partial charge in [-0.1, -0.05) is 19.1 Å². The monoisotopic (exact) mass is 182 g/mol. The molecule has 0 aromatic heterocycles. The molecular formula is C10H14O3. The van der Waals surface area contributed by atoms with Crippen LogP contribution < -0.4 is 0 Å². The fourth-order valence-corrected chi connectivity index (χ4v) is 1.44. The summed E-state index contributed by atoms with van der Waals surface area (Å²) in [5.74, 6) is -0.789. The minimum atomic E-state index is -0.387. The number of esters is 2. The molecule has 2 unspecified atom stereocenters. The Morgan fingerprint density at radius 1 is 1.62 bits per heavy atom. The van der Waals surface area contributed by atoms with Crippen molar-refractivity contribution < 1.29 is 14.3 Å². The molecule has 0 amide bonds. The Balaban J connectivity index is 2.51. The van der Waals surface area contributed by atoms with Crippen LogP contribution in [0.25, 0.3) is 0 Å². The third kappa shape index (κ3) is 2.41. The van der Waals surface area contributed by atoms with Gasteiger partial charge in [-0.25, -0.2) is 0 Å². The van der Waals surface area contributed by atoms with Crippen molar-refractivity contribution in [2.24, 2.45) is 11.8 Å². The summed E-state index contributed by atoms with van der Waals surface area (Å²) in [6, 6.07) is 0. The Hall–Kier alpha value is -1.12. The molecule has 0 aromatic carbocycles. The SMILES string of the molecule is C/C=C/CC(C)C1CC(=O)OC1=O. The van der Waals surface area contributed by atoms with Crippen LogP contribution in [0.5, 0.6) is 0 Å². The highest BCUT2D eigenvalue weighted by molar-refractivity contribution is 5.94. The molecule has 0 radical (unpaired) electrons. The van der Waals surface area contributed by atoms with Crippen LogP contribution >= 0.6 is 0 Å². The van der Waals surface area contributed by atoms with E-state index in [-0.39, 0.29) is 30.2 Å². The van der Waals surface area contributed by atoms with Gasteiger partial charge in [0.15, 0.2) is 0 Å². The van der Waals surface area contributed by atoms with Crippen molar-refractivity contribution in [3.63, 3.8) is 0 Å². The molecule has 1 heterocycles. The van der Waals surface area contributed by atoms with Gasteiger partial charge in [0.05, 0.1) is 12.3 Å². The van der Waals surface area contributed by atoms with Gasteiger partial charge in [-0.3, -0.25) is 9.59 Å². The molecule has 13 heavy (non-hydrogen) atoms. The van der Waals surface area contributed by atoms with Gasteiger partial charge in [0, 0.05) is 0 Å². The summed E-state index contributed by atoms with van der Waals surface area (Å²) >= 11 is 0. The van der Waals surface area contributed by atoms with Crippen LogP contribution in [0.15, 0.2) is 12.2 Å². The summed E-state index contributed by atoms with van der Waals surface area (Å²) in [5, 5.41) is 0. The second kappa shape index (κ2) is 4.21. The predicted octanol–water partition coefficient (Wildman–Crippen LogP) is 1.68. The van der Waals surface area contributed by atoms with Crippen molar-refractivity contribution in [2.75, 3.05) is 0 Å². The molecule has 1 rings (SSSR count). The Kier molecular flexibility index (Phi) is 3.23. The maximum atomic E-state index is 11.1. The van der Waals surface area contributed by atoms with Crippen LogP contribution in [0, 0.1) is 11.8 Å². The first-order valence-corrected chi connectivity index (χ1v) is 4.50. The third-order valence-electron chi connectivity index (χ3n) is 2.33. The lowest BCUT2D eigenvalue weighted by atomic mass is 9.90. The highest BCUT2D eigenvalue weighted by Gasteiger charge is 2.36. The third-order valence-corrected chi connectivity index (χ3v) is 2.33. The Morgan fingerprint density at radius 2 is 2.31 bits per heavy atom. The van der Waals surface area contributed by atoms with Gasteiger partial charge in [0.25, 0.3) is 0 Å². The van der Waals surface area contributed by atoms with Crippen molar-refractivity contribution in [2.45, 2.75) is 26.7 Å². The molecular weight excluding hydrogens is 168 g/mol. The Bertz CT molecular complexity index is 243. The van der Waals surface area contributed by atoms with E-state index in [0.717, 1.165) is 6.42 Å². The average molecular weight is 182 g/mol. The van der Waals surface area contributed by atoms with E-state index in [1.807, 2.05) is 26.0 Å².